The van der Waals surface area contributed by atoms with Gasteiger partial charge in [-0.25, -0.2) is 0 Å². The molecule has 0 spiro atoms. The predicted molar refractivity (Wildman–Crippen MR) is 107 cm³/mol. The SMILES string of the molecule is COc1ccc(NC(=O)C=C(C)c2ccccc2Cl)c(C(=O)NC2CC2)c1. The van der Waals surface area contributed by atoms with E-state index in [1.807, 2.05) is 25.1 Å². The third-order valence-electron chi connectivity index (χ3n) is 4.29. The van der Waals surface area contributed by atoms with Gasteiger partial charge in [0.05, 0.1) is 18.4 Å². The molecule has 0 heterocycles. The highest BCUT2D eigenvalue weighted by Crippen LogP contribution is 2.26. The fourth-order valence-electron chi connectivity index (χ4n) is 2.66. The molecule has 0 aromatic heterocycles. The van der Waals surface area contributed by atoms with Crippen LogP contribution in [0.15, 0.2) is 48.5 Å². The molecule has 0 unspecified atom stereocenters. The highest BCUT2D eigenvalue weighted by atomic mass is 35.5. The summed E-state index contributed by atoms with van der Waals surface area (Å²) in [5.74, 6) is -0.00620. The van der Waals surface area contributed by atoms with Crippen molar-refractivity contribution in [3.63, 3.8) is 0 Å². The minimum atomic E-state index is -0.335. The number of methoxy groups -OCH3 is 1. The van der Waals surface area contributed by atoms with Crippen LogP contribution in [0.3, 0.4) is 0 Å². The number of benzene rings is 2. The Bertz CT molecular complexity index is 904. The van der Waals surface area contributed by atoms with Crippen LogP contribution in [-0.4, -0.2) is 25.0 Å². The molecule has 0 bridgehead atoms. The molecule has 0 saturated heterocycles. The molecule has 2 N–H and O–H groups in total. The Morgan fingerprint density at radius 3 is 2.56 bits per heavy atom. The molecule has 0 aliphatic heterocycles. The van der Waals surface area contributed by atoms with Gasteiger partial charge in [0.15, 0.2) is 0 Å². The number of halogens is 1. The van der Waals surface area contributed by atoms with E-state index in [1.54, 1.807) is 24.3 Å². The first-order valence-electron chi connectivity index (χ1n) is 8.71. The zero-order valence-corrected chi connectivity index (χ0v) is 16.0. The van der Waals surface area contributed by atoms with Crippen molar-refractivity contribution in [2.24, 2.45) is 0 Å². The molecule has 140 valence electrons. The Hall–Kier alpha value is -2.79. The molecule has 2 amide bonds. The summed E-state index contributed by atoms with van der Waals surface area (Å²) in [6, 6.07) is 12.5. The summed E-state index contributed by atoms with van der Waals surface area (Å²) in [5, 5.41) is 6.29. The van der Waals surface area contributed by atoms with Gasteiger partial charge < -0.3 is 15.4 Å². The fraction of sp³-hybridized carbons (Fsp3) is 0.238. The number of rotatable bonds is 6. The highest BCUT2D eigenvalue weighted by Gasteiger charge is 2.25. The van der Waals surface area contributed by atoms with E-state index in [0.717, 1.165) is 24.0 Å². The number of anilines is 1. The van der Waals surface area contributed by atoms with E-state index in [0.29, 0.717) is 22.0 Å². The minimum Gasteiger partial charge on any atom is -0.497 e. The van der Waals surface area contributed by atoms with Crippen LogP contribution in [0, 0.1) is 0 Å². The standard InChI is InChI=1S/C21H21ClN2O3/c1-13(16-5-3-4-6-18(16)22)11-20(25)24-19-10-9-15(27-2)12-17(19)21(26)23-14-7-8-14/h3-6,9-12,14H,7-8H2,1-2H3,(H,23,26)(H,24,25). The summed E-state index contributed by atoms with van der Waals surface area (Å²) >= 11 is 6.18. The van der Waals surface area contributed by atoms with Crippen molar-refractivity contribution < 1.29 is 14.3 Å². The Kier molecular flexibility index (Phi) is 5.81. The maximum Gasteiger partial charge on any atom is 0.253 e. The van der Waals surface area contributed by atoms with E-state index < -0.39 is 0 Å². The van der Waals surface area contributed by atoms with Crippen LogP contribution < -0.4 is 15.4 Å². The lowest BCUT2D eigenvalue weighted by atomic mass is 10.1. The molecule has 3 rings (SSSR count). The summed E-state index contributed by atoms with van der Waals surface area (Å²) in [5.41, 5.74) is 2.33. The van der Waals surface area contributed by atoms with Crippen molar-refractivity contribution in [3.8, 4) is 5.75 Å². The number of nitrogens with one attached hydrogen (secondary N) is 2. The number of hydrogen-bond acceptors (Lipinski definition) is 3. The molecular formula is C21H21ClN2O3. The highest BCUT2D eigenvalue weighted by molar-refractivity contribution is 6.32. The van der Waals surface area contributed by atoms with E-state index in [9.17, 15) is 9.59 Å². The lowest BCUT2D eigenvalue weighted by molar-refractivity contribution is -0.111. The van der Waals surface area contributed by atoms with Crippen molar-refractivity contribution in [3.05, 3.63) is 64.7 Å². The van der Waals surface area contributed by atoms with E-state index >= 15 is 0 Å². The summed E-state index contributed by atoms with van der Waals surface area (Å²) in [4.78, 5) is 25.0. The molecule has 0 atom stereocenters. The van der Waals surface area contributed by atoms with Crippen LogP contribution in [-0.2, 0) is 4.79 Å². The van der Waals surface area contributed by atoms with Gasteiger partial charge in [-0.3, -0.25) is 9.59 Å². The van der Waals surface area contributed by atoms with Crippen molar-refractivity contribution in [1.29, 1.82) is 0 Å². The molecule has 5 nitrogen and oxygen atoms in total. The molecule has 1 saturated carbocycles. The van der Waals surface area contributed by atoms with Gasteiger partial charge in [-0.15, -0.1) is 0 Å². The topological polar surface area (TPSA) is 67.4 Å². The molecular weight excluding hydrogens is 364 g/mol. The number of amides is 2. The van der Waals surface area contributed by atoms with Crippen LogP contribution in [0.1, 0.15) is 35.7 Å². The van der Waals surface area contributed by atoms with E-state index in [-0.39, 0.29) is 17.9 Å². The monoisotopic (exact) mass is 384 g/mol. The molecule has 2 aromatic carbocycles. The summed E-state index contributed by atoms with van der Waals surface area (Å²) in [7, 11) is 1.53. The first-order chi connectivity index (χ1) is 13.0. The second-order valence-corrected chi connectivity index (χ2v) is 6.86. The quantitative estimate of drug-likeness (QED) is 0.730. The summed E-state index contributed by atoms with van der Waals surface area (Å²) in [6.07, 6.45) is 3.43. The second-order valence-electron chi connectivity index (χ2n) is 6.46. The summed E-state index contributed by atoms with van der Waals surface area (Å²) in [6.45, 7) is 1.82. The van der Waals surface area contributed by atoms with Crippen LogP contribution in [0.5, 0.6) is 5.75 Å². The van der Waals surface area contributed by atoms with Gasteiger partial charge in [0, 0.05) is 17.1 Å². The smallest absolute Gasteiger partial charge is 0.253 e. The normalized spacial score (nSPS) is 13.8. The molecule has 0 radical (unpaired) electrons. The molecule has 1 aliphatic rings. The average Bonchev–Trinajstić information content (AvgIpc) is 3.46. The third kappa shape index (κ3) is 4.89. The van der Waals surface area contributed by atoms with Gasteiger partial charge in [0.2, 0.25) is 5.91 Å². The fourth-order valence-corrected chi connectivity index (χ4v) is 2.95. The maximum absolute atomic E-state index is 12.5. The molecule has 1 fully saturated rings. The Morgan fingerprint density at radius 1 is 1.15 bits per heavy atom. The van der Waals surface area contributed by atoms with Gasteiger partial charge in [-0.2, -0.15) is 0 Å². The third-order valence-corrected chi connectivity index (χ3v) is 4.62. The van der Waals surface area contributed by atoms with Gasteiger partial charge >= 0.3 is 0 Å². The zero-order chi connectivity index (χ0) is 19.4. The number of carbonyl (C=O) groups excluding carboxylic acids is 2. The molecule has 1 aliphatic carbocycles. The van der Waals surface area contributed by atoms with Gasteiger partial charge in [-0.05, 0) is 55.2 Å². The number of hydrogen-bond donors (Lipinski definition) is 2. The Labute approximate surface area is 163 Å². The van der Waals surface area contributed by atoms with Crippen LogP contribution in [0.4, 0.5) is 5.69 Å². The van der Waals surface area contributed by atoms with Crippen molar-refractivity contribution >= 4 is 34.7 Å². The van der Waals surface area contributed by atoms with Crippen LogP contribution in [0.25, 0.3) is 5.57 Å². The second kappa shape index (κ2) is 8.27. The predicted octanol–water partition coefficient (Wildman–Crippen LogP) is 4.28. The zero-order valence-electron chi connectivity index (χ0n) is 15.2. The van der Waals surface area contributed by atoms with Crippen molar-refractivity contribution in [2.45, 2.75) is 25.8 Å². The Morgan fingerprint density at radius 2 is 1.89 bits per heavy atom. The average molecular weight is 385 g/mol. The van der Waals surface area contributed by atoms with E-state index in [2.05, 4.69) is 10.6 Å². The maximum atomic E-state index is 12.5. The molecule has 6 heteroatoms. The van der Waals surface area contributed by atoms with E-state index in [1.165, 1.54) is 13.2 Å². The van der Waals surface area contributed by atoms with Gasteiger partial charge in [-0.1, -0.05) is 29.8 Å². The number of ether oxygens (including phenoxy) is 1. The van der Waals surface area contributed by atoms with Crippen molar-refractivity contribution in [1.82, 2.24) is 5.32 Å². The number of allylic oxidation sites excluding steroid dienone is 1. The van der Waals surface area contributed by atoms with Gasteiger partial charge in [0.25, 0.3) is 5.91 Å². The van der Waals surface area contributed by atoms with E-state index in [4.69, 9.17) is 16.3 Å². The first-order valence-corrected chi connectivity index (χ1v) is 9.09. The van der Waals surface area contributed by atoms with Gasteiger partial charge in [0.1, 0.15) is 5.75 Å². The largest absolute Gasteiger partial charge is 0.497 e. The summed E-state index contributed by atoms with van der Waals surface area (Å²) < 4.78 is 5.20. The first kappa shape index (κ1) is 19.0. The molecule has 2 aromatic rings. The van der Waals surface area contributed by atoms with Crippen molar-refractivity contribution in [2.75, 3.05) is 12.4 Å². The molecule has 27 heavy (non-hydrogen) atoms. The van der Waals surface area contributed by atoms with Crippen LogP contribution in [0.2, 0.25) is 5.02 Å². The Balaban J connectivity index is 1.81. The lowest BCUT2D eigenvalue weighted by Crippen LogP contribution is -2.26. The minimum absolute atomic E-state index is 0.217. The lowest BCUT2D eigenvalue weighted by Gasteiger charge is -2.12. The number of carbonyl (C=O) groups is 2. The van der Waals surface area contributed by atoms with Crippen LogP contribution >= 0.6 is 11.6 Å².